The van der Waals surface area contributed by atoms with E-state index in [1.807, 2.05) is 24.3 Å². The lowest BCUT2D eigenvalue weighted by Gasteiger charge is -2.32. The Morgan fingerprint density at radius 3 is 2.46 bits per heavy atom. The van der Waals surface area contributed by atoms with Gasteiger partial charge in [-0.1, -0.05) is 55.3 Å². The van der Waals surface area contributed by atoms with Crippen LogP contribution in [0, 0.1) is 0 Å². The van der Waals surface area contributed by atoms with Crippen LogP contribution in [-0.4, -0.2) is 17.3 Å². The highest BCUT2D eigenvalue weighted by Crippen LogP contribution is 2.39. The third-order valence-electron chi connectivity index (χ3n) is 5.01. The Morgan fingerprint density at radius 2 is 1.67 bits per heavy atom. The maximum atomic E-state index is 12.3. The number of nitrogens with zero attached hydrogens (tertiary/aromatic N) is 1. The Labute approximate surface area is 142 Å². The second kappa shape index (κ2) is 6.11. The van der Waals surface area contributed by atoms with Crippen LogP contribution >= 0.6 is 0 Å². The number of nitrogens with one attached hydrogen (secondary N) is 2. The van der Waals surface area contributed by atoms with E-state index in [1.165, 1.54) is 18.4 Å². The number of benzene rings is 2. The average Bonchev–Trinajstić information content (AvgIpc) is 3.07. The van der Waals surface area contributed by atoms with Crippen LogP contribution in [0.25, 0.3) is 0 Å². The van der Waals surface area contributed by atoms with Gasteiger partial charge in [0.25, 0.3) is 5.91 Å². The molecule has 1 aliphatic carbocycles. The molecule has 1 fully saturated rings. The van der Waals surface area contributed by atoms with Gasteiger partial charge in [0.1, 0.15) is 5.84 Å². The van der Waals surface area contributed by atoms with Crippen LogP contribution in [0.5, 0.6) is 0 Å². The maximum Gasteiger partial charge on any atom is 0.269 e. The predicted molar refractivity (Wildman–Crippen MR) is 94.9 cm³/mol. The number of amides is 1. The highest BCUT2D eigenvalue weighted by atomic mass is 16.2. The highest BCUT2D eigenvalue weighted by Gasteiger charge is 2.37. The molecule has 2 N–H and O–H groups in total. The van der Waals surface area contributed by atoms with Crippen molar-refractivity contribution in [3.05, 3.63) is 71.3 Å². The smallest absolute Gasteiger partial charge is 0.269 e. The average molecular weight is 319 g/mol. The van der Waals surface area contributed by atoms with Crippen molar-refractivity contribution in [2.75, 3.05) is 0 Å². The van der Waals surface area contributed by atoms with Crippen LogP contribution in [0.4, 0.5) is 0 Å². The molecule has 4 rings (SSSR count). The van der Waals surface area contributed by atoms with Crippen LogP contribution in [0.15, 0.2) is 59.6 Å². The minimum absolute atomic E-state index is 0.00810. The Balaban J connectivity index is 1.58. The van der Waals surface area contributed by atoms with Crippen molar-refractivity contribution < 1.29 is 4.79 Å². The van der Waals surface area contributed by atoms with E-state index in [4.69, 9.17) is 4.99 Å². The summed E-state index contributed by atoms with van der Waals surface area (Å²) in [7, 11) is 0. The first-order chi connectivity index (χ1) is 11.8. The fourth-order valence-corrected chi connectivity index (χ4v) is 3.79. The van der Waals surface area contributed by atoms with Crippen molar-refractivity contribution in [1.82, 2.24) is 10.9 Å². The minimum Gasteiger partial charge on any atom is -0.281 e. The van der Waals surface area contributed by atoms with Gasteiger partial charge >= 0.3 is 0 Å². The molecule has 0 saturated heterocycles. The van der Waals surface area contributed by atoms with E-state index in [0.717, 1.165) is 30.7 Å². The lowest BCUT2D eigenvalue weighted by molar-refractivity contribution is 0.0943. The molecule has 1 heterocycles. The van der Waals surface area contributed by atoms with E-state index < -0.39 is 0 Å². The van der Waals surface area contributed by atoms with Crippen LogP contribution in [-0.2, 0) is 6.42 Å². The van der Waals surface area contributed by atoms with Crippen molar-refractivity contribution in [2.45, 2.75) is 37.6 Å². The molecule has 4 heteroatoms. The van der Waals surface area contributed by atoms with E-state index in [9.17, 15) is 4.79 Å². The number of carbonyl (C=O) groups is 1. The van der Waals surface area contributed by atoms with Gasteiger partial charge in [-0.2, -0.15) is 0 Å². The van der Waals surface area contributed by atoms with Gasteiger partial charge in [-0.3, -0.25) is 20.6 Å². The first-order valence-corrected chi connectivity index (χ1v) is 8.55. The summed E-state index contributed by atoms with van der Waals surface area (Å²) in [4.78, 5) is 17.3. The largest absolute Gasteiger partial charge is 0.281 e. The quantitative estimate of drug-likeness (QED) is 0.793. The number of rotatable bonds is 1. The van der Waals surface area contributed by atoms with Gasteiger partial charge in [-0.05, 0) is 37.0 Å². The van der Waals surface area contributed by atoms with Crippen LogP contribution in [0.2, 0.25) is 0 Å². The molecule has 122 valence electrons. The van der Waals surface area contributed by atoms with Crippen LogP contribution < -0.4 is 10.9 Å². The fraction of sp³-hybridized carbons (Fsp3) is 0.300. The molecule has 2 aromatic rings. The van der Waals surface area contributed by atoms with Gasteiger partial charge in [0.05, 0.1) is 5.54 Å². The van der Waals surface area contributed by atoms with Crippen molar-refractivity contribution >= 4 is 11.7 Å². The van der Waals surface area contributed by atoms with Gasteiger partial charge in [-0.15, -0.1) is 0 Å². The Hall–Kier alpha value is -2.62. The Morgan fingerprint density at radius 1 is 0.958 bits per heavy atom. The summed E-state index contributed by atoms with van der Waals surface area (Å²) in [6.45, 7) is 0. The molecule has 0 radical (unpaired) electrons. The zero-order valence-electron chi connectivity index (χ0n) is 13.6. The summed E-state index contributed by atoms with van der Waals surface area (Å²) in [6.07, 6.45) is 5.71. The van der Waals surface area contributed by atoms with E-state index in [2.05, 4.69) is 29.1 Å². The monoisotopic (exact) mass is 319 g/mol. The molecule has 0 atom stereocenters. The maximum absolute atomic E-state index is 12.3. The number of hydrogen-bond donors (Lipinski definition) is 2. The van der Waals surface area contributed by atoms with Crippen molar-refractivity contribution in [3.63, 3.8) is 0 Å². The summed E-state index contributed by atoms with van der Waals surface area (Å²) >= 11 is 0. The van der Waals surface area contributed by atoms with E-state index >= 15 is 0 Å². The topological polar surface area (TPSA) is 53.5 Å². The summed E-state index contributed by atoms with van der Waals surface area (Å²) in [5, 5.41) is 0. The van der Waals surface area contributed by atoms with Crippen molar-refractivity contribution in [2.24, 2.45) is 4.99 Å². The molecule has 2 aromatic carbocycles. The SMILES string of the molecule is O=C(NNC1=NC2(CCCC2)Cc2ccccc21)c1ccccc1. The van der Waals surface area contributed by atoms with Crippen LogP contribution in [0.3, 0.4) is 0 Å². The number of amidine groups is 1. The lowest BCUT2D eigenvalue weighted by Crippen LogP contribution is -2.46. The predicted octanol–water partition coefficient (Wildman–Crippen LogP) is 3.24. The van der Waals surface area contributed by atoms with Gasteiger partial charge in [0, 0.05) is 11.1 Å². The third-order valence-corrected chi connectivity index (χ3v) is 5.01. The summed E-state index contributed by atoms with van der Waals surface area (Å²) in [6, 6.07) is 17.5. The van der Waals surface area contributed by atoms with Crippen LogP contribution in [0.1, 0.15) is 47.2 Å². The molecule has 1 saturated carbocycles. The summed E-state index contributed by atoms with van der Waals surface area (Å²) in [5.74, 6) is 0.629. The molecule has 2 aliphatic rings. The van der Waals surface area contributed by atoms with Gasteiger partial charge in [-0.25, -0.2) is 0 Å². The normalized spacial score (nSPS) is 17.9. The zero-order valence-corrected chi connectivity index (χ0v) is 13.6. The van der Waals surface area contributed by atoms with Gasteiger partial charge in [0.2, 0.25) is 0 Å². The summed E-state index contributed by atoms with van der Waals surface area (Å²) < 4.78 is 0. The van der Waals surface area contributed by atoms with Gasteiger partial charge < -0.3 is 0 Å². The third kappa shape index (κ3) is 2.80. The molecule has 0 aromatic heterocycles. The number of carbonyl (C=O) groups excluding carboxylic acids is 1. The lowest BCUT2D eigenvalue weighted by atomic mass is 9.84. The molecule has 24 heavy (non-hydrogen) atoms. The standard InChI is InChI=1S/C20H21N3O/c24-19(15-8-2-1-3-9-15)23-22-18-17-11-5-4-10-16(17)14-20(21-18)12-6-7-13-20/h1-5,8-11H,6-7,12-14H2,(H,21,22)(H,23,24). The first-order valence-electron chi connectivity index (χ1n) is 8.55. The van der Waals surface area contributed by atoms with Crippen molar-refractivity contribution in [3.8, 4) is 0 Å². The minimum atomic E-state index is -0.151. The molecule has 0 bridgehead atoms. The zero-order chi connectivity index (χ0) is 16.4. The number of hydrazine groups is 1. The molecule has 1 spiro atoms. The second-order valence-electron chi connectivity index (χ2n) is 6.67. The number of aliphatic imine (C=N–C) groups is 1. The van der Waals surface area contributed by atoms with Gasteiger partial charge in [0.15, 0.2) is 0 Å². The summed E-state index contributed by atoms with van der Waals surface area (Å²) in [5.41, 5.74) is 8.91. The molecule has 1 aliphatic heterocycles. The van der Waals surface area contributed by atoms with E-state index in [-0.39, 0.29) is 11.4 Å². The van der Waals surface area contributed by atoms with Crippen molar-refractivity contribution in [1.29, 1.82) is 0 Å². The highest BCUT2D eigenvalue weighted by molar-refractivity contribution is 6.03. The second-order valence-corrected chi connectivity index (χ2v) is 6.67. The number of hydrogen-bond acceptors (Lipinski definition) is 3. The number of fused-ring (bicyclic) bond motifs is 1. The fourth-order valence-electron chi connectivity index (χ4n) is 3.79. The Bertz CT molecular complexity index is 776. The molecular weight excluding hydrogens is 298 g/mol. The van der Waals surface area contributed by atoms with E-state index in [1.54, 1.807) is 12.1 Å². The Kier molecular flexibility index (Phi) is 3.81. The van der Waals surface area contributed by atoms with E-state index in [0.29, 0.717) is 5.56 Å². The molecule has 1 amide bonds. The first kappa shape index (κ1) is 14.9. The molecule has 4 nitrogen and oxygen atoms in total. The molecular formula is C20H21N3O. The molecule has 0 unspecified atom stereocenters.